The van der Waals surface area contributed by atoms with Crippen LogP contribution in [0.25, 0.3) is 0 Å². The van der Waals surface area contributed by atoms with Crippen LogP contribution in [0, 0.1) is 11.8 Å². The number of rotatable bonds is 5. The molecule has 1 aromatic carbocycles. The number of hydrogen-bond acceptors (Lipinski definition) is 2. The van der Waals surface area contributed by atoms with Crippen LogP contribution in [0.5, 0.6) is 0 Å². The van der Waals surface area contributed by atoms with Crippen LogP contribution in [0.15, 0.2) is 24.3 Å². The number of benzene rings is 1. The summed E-state index contributed by atoms with van der Waals surface area (Å²) in [5.41, 5.74) is 1.87. The highest BCUT2D eigenvalue weighted by molar-refractivity contribution is 5.70. The molecule has 0 saturated carbocycles. The molecule has 1 aromatic rings. The zero-order chi connectivity index (χ0) is 11.8. The van der Waals surface area contributed by atoms with Crippen molar-refractivity contribution in [3.8, 4) is 11.8 Å². The summed E-state index contributed by atoms with van der Waals surface area (Å²) in [6, 6.07) is 7.54. The van der Waals surface area contributed by atoms with E-state index in [9.17, 15) is 4.79 Å². The monoisotopic (exact) mass is 217 g/mol. The summed E-state index contributed by atoms with van der Waals surface area (Å²) in [6.45, 7) is 3.07. The van der Waals surface area contributed by atoms with Crippen molar-refractivity contribution in [3.63, 3.8) is 0 Å². The predicted octanol–water partition coefficient (Wildman–Crippen LogP) is 1.43. The van der Waals surface area contributed by atoms with Gasteiger partial charge in [-0.2, -0.15) is 0 Å². The third kappa shape index (κ3) is 4.16. The smallest absolute Gasteiger partial charge is 0.307 e. The molecule has 0 atom stereocenters. The van der Waals surface area contributed by atoms with Gasteiger partial charge in [-0.15, -0.1) is 5.92 Å². The topological polar surface area (TPSA) is 49.3 Å². The average Bonchev–Trinajstić information content (AvgIpc) is 2.26. The van der Waals surface area contributed by atoms with Crippen molar-refractivity contribution >= 4 is 5.97 Å². The molecule has 0 radical (unpaired) electrons. The summed E-state index contributed by atoms with van der Waals surface area (Å²) in [7, 11) is 0. The molecule has 0 heterocycles. The molecule has 1 rings (SSSR count). The summed E-state index contributed by atoms with van der Waals surface area (Å²) >= 11 is 0. The average molecular weight is 217 g/mol. The van der Waals surface area contributed by atoms with Crippen molar-refractivity contribution in [2.75, 3.05) is 6.54 Å². The van der Waals surface area contributed by atoms with Gasteiger partial charge in [0.2, 0.25) is 0 Å². The lowest BCUT2D eigenvalue weighted by atomic mass is 10.0. The minimum absolute atomic E-state index is 0.0668. The lowest BCUT2D eigenvalue weighted by molar-refractivity contribution is -0.136. The minimum atomic E-state index is -0.805. The van der Waals surface area contributed by atoms with Gasteiger partial charge in [-0.1, -0.05) is 30.2 Å². The number of nitrogens with one attached hydrogen (secondary N) is 1. The van der Waals surface area contributed by atoms with Crippen molar-refractivity contribution < 1.29 is 9.90 Å². The first-order valence-corrected chi connectivity index (χ1v) is 5.13. The maximum absolute atomic E-state index is 10.7. The van der Waals surface area contributed by atoms with Gasteiger partial charge in [0.25, 0.3) is 0 Å². The molecule has 2 N–H and O–H groups in total. The Hall–Kier alpha value is -1.79. The van der Waals surface area contributed by atoms with Crippen molar-refractivity contribution in [1.82, 2.24) is 5.32 Å². The zero-order valence-corrected chi connectivity index (χ0v) is 9.29. The van der Waals surface area contributed by atoms with Crippen LogP contribution < -0.4 is 5.32 Å². The SMILES string of the molecule is CC#CCNCc1ccccc1CC(=O)O. The Bertz CT molecular complexity index is 415. The molecule has 0 aliphatic rings. The fourth-order valence-corrected chi connectivity index (χ4v) is 1.41. The molecular formula is C13H15NO2. The van der Waals surface area contributed by atoms with E-state index >= 15 is 0 Å². The maximum atomic E-state index is 10.7. The van der Waals surface area contributed by atoms with Crippen molar-refractivity contribution in [1.29, 1.82) is 0 Å². The number of carbonyl (C=O) groups is 1. The minimum Gasteiger partial charge on any atom is -0.481 e. The molecule has 0 amide bonds. The standard InChI is InChI=1S/C13H15NO2/c1-2-3-8-14-10-12-7-5-4-6-11(12)9-13(15)16/h4-7,14H,8-10H2,1H3,(H,15,16). The van der Waals surface area contributed by atoms with Crippen molar-refractivity contribution in [2.24, 2.45) is 0 Å². The van der Waals surface area contributed by atoms with Gasteiger partial charge in [-0.05, 0) is 18.1 Å². The van der Waals surface area contributed by atoms with Gasteiger partial charge in [-0.25, -0.2) is 0 Å². The first kappa shape index (κ1) is 12.3. The Kier molecular flexibility index (Phi) is 5.10. The van der Waals surface area contributed by atoms with Crippen LogP contribution in [-0.4, -0.2) is 17.6 Å². The van der Waals surface area contributed by atoms with Gasteiger partial charge in [0.1, 0.15) is 0 Å². The van der Waals surface area contributed by atoms with Gasteiger partial charge >= 0.3 is 5.97 Å². The molecule has 3 heteroatoms. The van der Waals surface area contributed by atoms with E-state index in [1.165, 1.54) is 0 Å². The Labute approximate surface area is 95.5 Å². The summed E-state index contributed by atoms with van der Waals surface area (Å²) in [5, 5.41) is 11.9. The summed E-state index contributed by atoms with van der Waals surface area (Å²) in [5.74, 6) is 4.89. The van der Waals surface area contributed by atoms with Gasteiger partial charge in [0, 0.05) is 6.54 Å². The molecule has 3 nitrogen and oxygen atoms in total. The first-order chi connectivity index (χ1) is 7.74. The molecule has 0 saturated heterocycles. The van der Waals surface area contributed by atoms with Crippen molar-refractivity contribution in [2.45, 2.75) is 19.9 Å². The highest BCUT2D eigenvalue weighted by atomic mass is 16.4. The molecule has 0 fully saturated rings. The van der Waals surface area contributed by atoms with Gasteiger partial charge in [0.15, 0.2) is 0 Å². The molecule has 0 aromatic heterocycles. The highest BCUT2D eigenvalue weighted by Gasteiger charge is 2.05. The van der Waals surface area contributed by atoms with E-state index in [1.54, 1.807) is 6.92 Å². The maximum Gasteiger partial charge on any atom is 0.307 e. The second kappa shape index (κ2) is 6.65. The molecule has 0 aliphatic carbocycles. The Morgan fingerprint density at radius 1 is 1.38 bits per heavy atom. The van der Waals surface area contributed by atoms with Crippen LogP contribution in [0.1, 0.15) is 18.1 Å². The lowest BCUT2D eigenvalue weighted by Crippen LogP contribution is -2.15. The van der Waals surface area contributed by atoms with Crippen LogP contribution in [0.3, 0.4) is 0 Å². The van der Waals surface area contributed by atoms with Crippen LogP contribution in [0.4, 0.5) is 0 Å². The second-order valence-corrected chi connectivity index (χ2v) is 3.37. The number of carboxylic acid groups (broad SMARTS) is 1. The lowest BCUT2D eigenvalue weighted by Gasteiger charge is -2.07. The van der Waals surface area contributed by atoms with E-state index in [0.29, 0.717) is 13.1 Å². The van der Waals surface area contributed by atoms with Crippen LogP contribution in [0.2, 0.25) is 0 Å². The number of carboxylic acids is 1. The zero-order valence-electron chi connectivity index (χ0n) is 9.29. The fraction of sp³-hybridized carbons (Fsp3) is 0.308. The quantitative estimate of drug-likeness (QED) is 0.579. The number of aliphatic carboxylic acids is 1. The van der Waals surface area contributed by atoms with E-state index in [0.717, 1.165) is 11.1 Å². The Morgan fingerprint density at radius 3 is 2.69 bits per heavy atom. The third-order valence-electron chi connectivity index (χ3n) is 2.17. The normalized spacial score (nSPS) is 9.31. The molecular weight excluding hydrogens is 202 g/mol. The fourth-order valence-electron chi connectivity index (χ4n) is 1.41. The second-order valence-electron chi connectivity index (χ2n) is 3.37. The molecule has 0 bridgehead atoms. The van der Waals surface area contributed by atoms with Crippen molar-refractivity contribution in [3.05, 3.63) is 35.4 Å². The van der Waals surface area contributed by atoms with Crippen LogP contribution >= 0.6 is 0 Å². The van der Waals surface area contributed by atoms with Gasteiger partial charge < -0.3 is 10.4 Å². The summed E-state index contributed by atoms with van der Waals surface area (Å²) < 4.78 is 0. The van der Waals surface area contributed by atoms with Gasteiger partial charge in [-0.3, -0.25) is 4.79 Å². The first-order valence-electron chi connectivity index (χ1n) is 5.13. The Balaban J connectivity index is 2.62. The molecule has 84 valence electrons. The molecule has 0 unspecified atom stereocenters. The molecule has 16 heavy (non-hydrogen) atoms. The van der Waals surface area contributed by atoms with E-state index in [2.05, 4.69) is 17.2 Å². The van der Waals surface area contributed by atoms with E-state index in [4.69, 9.17) is 5.11 Å². The summed E-state index contributed by atoms with van der Waals surface area (Å²) in [4.78, 5) is 10.7. The van der Waals surface area contributed by atoms with E-state index in [1.807, 2.05) is 24.3 Å². The van der Waals surface area contributed by atoms with E-state index in [-0.39, 0.29) is 6.42 Å². The largest absolute Gasteiger partial charge is 0.481 e. The molecule has 0 spiro atoms. The van der Waals surface area contributed by atoms with Gasteiger partial charge in [0.05, 0.1) is 13.0 Å². The number of hydrogen-bond donors (Lipinski definition) is 2. The molecule has 0 aliphatic heterocycles. The third-order valence-corrected chi connectivity index (χ3v) is 2.17. The van der Waals surface area contributed by atoms with Crippen LogP contribution in [-0.2, 0) is 17.8 Å². The van der Waals surface area contributed by atoms with E-state index < -0.39 is 5.97 Å². The highest BCUT2D eigenvalue weighted by Crippen LogP contribution is 2.09. The predicted molar refractivity (Wildman–Crippen MR) is 62.9 cm³/mol. The Morgan fingerprint density at radius 2 is 2.06 bits per heavy atom. The summed E-state index contributed by atoms with van der Waals surface area (Å²) in [6.07, 6.45) is 0.0668.